The molecule has 0 aliphatic rings. The molecule has 0 aliphatic heterocycles. The van der Waals surface area contributed by atoms with E-state index in [0.717, 1.165) is 12.2 Å². The topological polar surface area (TPSA) is 36.4 Å². The molecule has 0 spiro atoms. The minimum atomic E-state index is 0.0462. The van der Waals surface area contributed by atoms with Gasteiger partial charge in [-0.2, -0.15) is 0 Å². The molecule has 0 radical (unpaired) electrons. The number of hydrogen-bond donors (Lipinski definition) is 0. The van der Waals surface area contributed by atoms with E-state index in [4.69, 9.17) is 0 Å². The van der Waals surface area contributed by atoms with Crippen LogP contribution < -0.4 is 4.90 Å². The summed E-state index contributed by atoms with van der Waals surface area (Å²) in [4.78, 5) is 19.2. The monoisotopic (exact) mass is 207 g/mol. The number of nitrogens with zero attached hydrogens (tertiary/aromatic N) is 3. The van der Waals surface area contributed by atoms with Gasteiger partial charge in [0.05, 0.1) is 11.9 Å². The second-order valence-electron chi connectivity index (χ2n) is 3.69. The Bertz CT molecular complexity index is 311. The Morgan fingerprint density at radius 2 is 2.13 bits per heavy atom. The van der Waals surface area contributed by atoms with Crippen molar-refractivity contribution in [1.29, 1.82) is 0 Å². The van der Waals surface area contributed by atoms with Crippen molar-refractivity contribution in [3.05, 3.63) is 24.5 Å². The van der Waals surface area contributed by atoms with Crippen LogP contribution in [0.5, 0.6) is 0 Å². The minimum Gasteiger partial charge on any atom is -0.310 e. The minimum absolute atomic E-state index is 0.0462. The zero-order valence-electron chi connectivity index (χ0n) is 9.47. The molecule has 0 unspecified atom stereocenters. The van der Waals surface area contributed by atoms with Crippen LogP contribution >= 0.6 is 0 Å². The Morgan fingerprint density at radius 3 is 2.60 bits per heavy atom. The molecule has 4 heteroatoms. The van der Waals surface area contributed by atoms with Crippen molar-refractivity contribution in [2.45, 2.75) is 6.92 Å². The lowest BCUT2D eigenvalue weighted by atomic mass is 10.3. The van der Waals surface area contributed by atoms with Gasteiger partial charge in [0.1, 0.15) is 0 Å². The molecule has 0 saturated carbocycles. The van der Waals surface area contributed by atoms with Crippen LogP contribution in [0.1, 0.15) is 6.92 Å². The van der Waals surface area contributed by atoms with Crippen molar-refractivity contribution in [3.8, 4) is 0 Å². The Morgan fingerprint density at radius 1 is 1.40 bits per heavy atom. The van der Waals surface area contributed by atoms with Crippen LogP contribution in [0.2, 0.25) is 0 Å². The van der Waals surface area contributed by atoms with Crippen molar-refractivity contribution in [1.82, 2.24) is 9.88 Å². The second kappa shape index (κ2) is 5.46. The molecule has 0 aromatic carbocycles. The van der Waals surface area contributed by atoms with Gasteiger partial charge < -0.3 is 9.80 Å². The number of aromatic nitrogens is 1. The van der Waals surface area contributed by atoms with E-state index >= 15 is 0 Å². The van der Waals surface area contributed by atoms with Crippen LogP contribution in [-0.4, -0.2) is 43.0 Å². The molecule has 1 amide bonds. The third-order valence-electron chi connectivity index (χ3n) is 2.11. The summed E-state index contributed by atoms with van der Waals surface area (Å²) in [6.07, 6.45) is 3.41. The van der Waals surface area contributed by atoms with Gasteiger partial charge in [-0.25, -0.2) is 0 Å². The molecule has 0 bridgehead atoms. The molecule has 1 rings (SSSR count). The van der Waals surface area contributed by atoms with Gasteiger partial charge in [0.2, 0.25) is 5.91 Å². The average molecular weight is 207 g/mol. The maximum atomic E-state index is 11.4. The van der Waals surface area contributed by atoms with Crippen LogP contribution in [0.25, 0.3) is 0 Å². The third-order valence-corrected chi connectivity index (χ3v) is 2.11. The molecule has 82 valence electrons. The fraction of sp³-hybridized carbons (Fsp3) is 0.455. The summed E-state index contributed by atoms with van der Waals surface area (Å²) in [5.41, 5.74) is 0.854. The lowest BCUT2D eigenvalue weighted by Gasteiger charge is -2.22. The Hall–Kier alpha value is -1.42. The van der Waals surface area contributed by atoms with Gasteiger partial charge in [-0.15, -0.1) is 0 Å². The first kappa shape index (κ1) is 11.7. The van der Waals surface area contributed by atoms with E-state index < -0.39 is 0 Å². The SMILES string of the molecule is CC(=O)N(CCN(C)C)c1cccnc1. The fourth-order valence-electron chi connectivity index (χ4n) is 1.28. The summed E-state index contributed by atoms with van der Waals surface area (Å²) in [7, 11) is 3.98. The maximum absolute atomic E-state index is 11.4. The summed E-state index contributed by atoms with van der Waals surface area (Å²) >= 11 is 0. The quantitative estimate of drug-likeness (QED) is 0.739. The van der Waals surface area contributed by atoms with Crippen molar-refractivity contribution in [2.75, 3.05) is 32.1 Å². The fourth-order valence-corrected chi connectivity index (χ4v) is 1.28. The molecule has 1 aromatic heterocycles. The van der Waals surface area contributed by atoms with E-state index in [-0.39, 0.29) is 5.91 Å². The number of carbonyl (C=O) groups excluding carboxylic acids is 1. The van der Waals surface area contributed by atoms with Gasteiger partial charge in [-0.3, -0.25) is 9.78 Å². The van der Waals surface area contributed by atoms with E-state index in [2.05, 4.69) is 4.98 Å². The number of likely N-dealkylation sites (N-methyl/N-ethyl adjacent to an activating group) is 1. The molecule has 1 heterocycles. The number of carbonyl (C=O) groups is 1. The van der Waals surface area contributed by atoms with Gasteiger partial charge in [-0.1, -0.05) is 0 Å². The zero-order valence-corrected chi connectivity index (χ0v) is 9.47. The van der Waals surface area contributed by atoms with Crippen LogP contribution in [-0.2, 0) is 4.79 Å². The van der Waals surface area contributed by atoms with Gasteiger partial charge in [0, 0.05) is 26.2 Å². The van der Waals surface area contributed by atoms with Crippen molar-refractivity contribution in [2.24, 2.45) is 0 Å². The molecular formula is C11H17N3O. The summed E-state index contributed by atoms with van der Waals surface area (Å²) in [6, 6.07) is 3.73. The third kappa shape index (κ3) is 3.67. The van der Waals surface area contributed by atoms with Crippen LogP contribution in [0, 0.1) is 0 Å². The lowest BCUT2D eigenvalue weighted by Crippen LogP contribution is -2.35. The van der Waals surface area contributed by atoms with E-state index in [1.807, 2.05) is 31.1 Å². The van der Waals surface area contributed by atoms with Gasteiger partial charge in [0.25, 0.3) is 0 Å². The molecule has 1 aromatic rings. The number of hydrogen-bond acceptors (Lipinski definition) is 3. The molecule has 0 atom stereocenters. The smallest absolute Gasteiger partial charge is 0.223 e. The highest BCUT2D eigenvalue weighted by atomic mass is 16.2. The summed E-state index contributed by atoms with van der Waals surface area (Å²) in [5, 5.41) is 0. The van der Waals surface area contributed by atoms with Gasteiger partial charge in [-0.05, 0) is 26.2 Å². The highest BCUT2D eigenvalue weighted by Crippen LogP contribution is 2.11. The summed E-state index contributed by atoms with van der Waals surface area (Å²) in [6.45, 7) is 3.10. The first-order chi connectivity index (χ1) is 7.11. The van der Waals surface area contributed by atoms with E-state index in [1.165, 1.54) is 0 Å². The standard InChI is InChI=1S/C11H17N3O/c1-10(15)14(8-7-13(2)3)11-5-4-6-12-9-11/h4-6,9H,7-8H2,1-3H3. The second-order valence-corrected chi connectivity index (χ2v) is 3.69. The zero-order chi connectivity index (χ0) is 11.3. The highest BCUT2D eigenvalue weighted by molar-refractivity contribution is 5.91. The normalized spacial score (nSPS) is 10.4. The van der Waals surface area contributed by atoms with Crippen LogP contribution in [0.4, 0.5) is 5.69 Å². The molecule has 15 heavy (non-hydrogen) atoms. The van der Waals surface area contributed by atoms with Gasteiger partial charge >= 0.3 is 0 Å². The summed E-state index contributed by atoms with van der Waals surface area (Å²) in [5.74, 6) is 0.0462. The first-order valence-electron chi connectivity index (χ1n) is 4.94. The van der Waals surface area contributed by atoms with Gasteiger partial charge in [0.15, 0.2) is 0 Å². The largest absolute Gasteiger partial charge is 0.310 e. The molecule has 0 N–H and O–H groups in total. The van der Waals surface area contributed by atoms with E-state index in [0.29, 0.717) is 6.54 Å². The van der Waals surface area contributed by atoms with E-state index in [1.54, 1.807) is 24.2 Å². The Kier molecular flexibility index (Phi) is 4.24. The molecule has 0 saturated heterocycles. The van der Waals surface area contributed by atoms with Crippen molar-refractivity contribution in [3.63, 3.8) is 0 Å². The number of rotatable bonds is 4. The van der Waals surface area contributed by atoms with Crippen molar-refractivity contribution < 1.29 is 4.79 Å². The summed E-state index contributed by atoms with van der Waals surface area (Å²) < 4.78 is 0. The van der Waals surface area contributed by atoms with Crippen LogP contribution in [0.15, 0.2) is 24.5 Å². The molecular weight excluding hydrogens is 190 g/mol. The van der Waals surface area contributed by atoms with E-state index in [9.17, 15) is 4.79 Å². The van der Waals surface area contributed by atoms with Crippen LogP contribution in [0.3, 0.4) is 0 Å². The molecule has 0 fully saturated rings. The average Bonchev–Trinajstić information content (AvgIpc) is 2.18. The number of anilines is 1. The molecule has 0 aliphatic carbocycles. The predicted molar refractivity (Wildman–Crippen MR) is 60.8 cm³/mol. The number of pyridine rings is 1. The Labute approximate surface area is 90.5 Å². The number of amides is 1. The Balaban J connectivity index is 2.71. The maximum Gasteiger partial charge on any atom is 0.223 e. The molecule has 4 nitrogen and oxygen atoms in total. The lowest BCUT2D eigenvalue weighted by molar-refractivity contribution is -0.116. The highest BCUT2D eigenvalue weighted by Gasteiger charge is 2.10. The first-order valence-corrected chi connectivity index (χ1v) is 4.94. The predicted octanol–water partition coefficient (Wildman–Crippen LogP) is 0.996. The van der Waals surface area contributed by atoms with Crippen molar-refractivity contribution >= 4 is 11.6 Å².